The third-order valence-electron chi connectivity index (χ3n) is 3.94. The lowest BCUT2D eigenvalue weighted by Gasteiger charge is -2.07. The SMILES string of the molecule is OCC[NH2+]CCc1c[nH]c2ccc(OCc3ccccc3)cc12. The molecule has 0 atom stereocenters. The summed E-state index contributed by atoms with van der Waals surface area (Å²) in [7, 11) is 0. The number of hydrogen-bond acceptors (Lipinski definition) is 2. The second-order valence-corrected chi connectivity index (χ2v) is 5.64. The maximum atomic E-state index is 8.83. The number of fused-ring (bicyclic) bond motifs is 1. The molecule has 4 N–H and O–H groups in total. The number of benzene rings is 2. The highest BCUT2D eigenvalue weighted by Gasteiger charge is 2.06. The summed E-state index contributed by atoms with van der Waals surface area (Å²) in [4.78, 5) is 3.31. The van der Waals surface area contributed by atoms with Gasteiger partial charge in [0, 0.05) is 23.5 Å². The molecule has 0 unspecified atom stereocenters. The monoisotopic (exact) mass is 311 g/mol. The van der Waals surface area contributed by atoms with Crippen LogP contribution in [0, 0.1) is 0 Å². The first-order valence-corrected chi connectivity index (χ1v) is 8.06. The van der Waals surface area contributed by atoms with Crippen LogP contribution in [0.3, 0.4) is 0 Å². The molecule has 0 bridgehead atoms. The van der Waals surface area contributed by atoms with Gasteiger partial charge in [-0.05, 0) is 29.3 Å². The van der Waals surface area contributed by atoms with E-state index in [0.717, 1.165) is 30.8 Å². The van der Waals surface area contributed by atoms with Crippen molar-refractivity contribution in [2.75, 3.05) is 19.7 Å². The van der Waals surface area contributed by atoms with Gasteiger partial charge in [0.15, 0.2) is 0 Å². The first-order chi connectivity index (χ1) is 11.4. The number of aromatic amines is 1. The minimum Gasteiger partial charge on any atom is -0.489 e. The van der Waals surface area contributed by atoms with Gasteiger partial charge in [0.2, 0.25) is 0 Å². The van der Waals surface area contributed by atoms with Crippen LogP contribution in [0.2, 0.25) is 0 Å². The fourth-order valence-corrected chi connectivity index (χ4v) is 2.69. The summed E-state index contributed by atoms with van der Waals surface area (Å²) in [5, 5.41) is 12.2. The number of nitrogens with two attached hydrogens (primary N) is 1. The van der Waals surface area contributed by atoms with Crippen molar-refractivity contribution in [3.8, 4) is 5.75 Å². The second-order valence-electron chi connectivity index (χ2n) is 5.64. The number of ether oxygens (including phenoxy) is 1. The quantitative estimate of drug-likeness (QED) is 0.556. The highest BCUT2D eigenvalue weighted by Crippen LogP contribution is 2.24. The Morgan fingerprint density at radius 3 is 2.74 bits per heavy atom. The van der Waals surface area contributed by atoms with Crippen molar-refractivity contribution < 1.29 is 15.2 Å². The fourth-order valence-electron chi connectivity index (χ4n) is 2.69. The number of aliphatic hydroxyl groups is 1. The second kappa shape index (κ2) is 7.81. The predicted octanol–water partition coefficient (Wildman–Crippen LogP) is 1.85. The molecule has 2 aromatic carbocycles. The first kappa shape index (κ1) is 15.6. The Kier molecular flexibility index (Phi) is 5.29. The van der Waals surface area contributed by atoms with E-state index in [-0.39, 0.29) is 6.61 Å². The first-order valence-electron chi connectivity index (χ1n) is 8.06. The van der Waals surface area contributed by atoms with E-state index in [1.165, 1.54) is 16.5 Å². The third-order valence-corrected chi connectivity index (χ3v) is 3.94. The van der Waals surface area contributed by atoms with Crippen molar-refractivity contribution in [1.29, 1.82) is 0 Å². The summed E-state index contributed by atoms with van der Waals surface area (Å²) in [5.41, 5.74) is 3.59. The van der Waals surface area contributed by atoms with Gasteiger partial charge in [0.25, 0.3) is 0 Å². The van der Waals surface area contributed by atoms with Gasteiger partial charge in [-0.3, -0.25) is 0 Å². The van der Waals surface area contributed by atoms with Crippen LogP contribution in [-0.4, -0.2) is 29.8 Å². The maximum absolute atomic E-state index is 8.83. The highest BCUT2D eigenvalue weighted by atomic mass is 16.5. The predicted molar refractivity (Wildman–Crippen MR) is 91.5 cm³/mol. The maximum Gasteiger partial charge on any atom is 0.120 e. The summed E-state index contributed by atoms with van der Waals surface area (Å²) in [5.74, 6) is 0.890. The van der Waals surface area contributed by atoms with Crippen LogP contribution in [0.4, 0.5) is 0 Å². The number of quaternary nitrogens is 1. The molecule has 0 radical (unpaired) electrons. The van der Waals surface area contributed by atoms with Crippen LogP contribution in [0.5, 0.6) is 5.75 Å². The molecule has 0 aliphatic rings. The summed E-state index contributed by atoms with van der Waals surface area (Å²) in [6, 6.07) is 16.4. The zero-order valence-corrected chi connectivity index (χ0v) is 13.2. The molecule has 0 amide bonds. The van der Waals surface area contributed by atoms with Crippen LogP contribution in [0.15, 0.2) is 54.7 Å². The molecule has 0 aliphatic heterocycles. The average molecular weight is 311 g/mol. The summed E-state index contributed by atoms with van der Waals surface area (Å²) >= 11 is 0. The van der Waals surface area contributed by atoms with Gasteiger partial charge < -0.3 is 20.1 Å². The molecule has 0 saturated heterocycles. The number of rotatable bonds is 8. The molecular weight excluding hydrogens is 288 g/mol. The molecule has 1 aromatic heterocycles. The zero-order valence-electron chi connectivity index (χ0n) is 13.2. The fraction of sp³-hybridized carbons (Fsp3) is 0.263. The molecule has 120 valence electrons. The smallest absolute Gasteiger partial charge is 0.120 e. The largest absolute Gasteiger partial charge is 0.489 e. The molecule has 4 heteroatoms. The van der Waals surface area contributed by atoms with Gasteiger partial charge in [0.05, 0.1) is 19.7 Å². The Bertz CT molecular complexity index is 737. The Morgan fingerprint density at radius 1 is 1.04 bits per heavy atom. The van der Waals surface area contributed by atoms with Crippen molar-refractivity contribution in [2.45, 2.75) is 13.0 Å². The lowest BCUT2D eigenvalue weighted by molar-refractivity contribution is -0.655. The topological polar surface area (TPSA) is 61.9 Å². The van der Waals surface area contributed by atoms with Crippen LogP contribution < -0.4 is 10.1 Å². The van der Waals surface area contributed by atoms with E-state index in [0.29, 0.717) is 6.61 Å². The summed E-state index contributed by atoms with van der Waals surface area (Å²) in [6.07, 6.45) is 3.04. The molecule has 0 spiro atoms. The van der Waals surface area contributed by atoms with Gasteiger partial charge in [-0.2, -0.15) is 0 Å². The number of aromatic nitrogens is 1. The van der Waals surface area contributed by atoms with E-state index < -0.39 is 0 Å². The molecule has 0 fully saturated rings. The van der Waals surface area contributed by atoms with E-state index >= 15 is 0 Å². The lowest BCUT2D eigenvalue weighted by Crippen LogP contribution is -2.85. The van der Waals surface area contributed by atoms with Crippen molar-refractivity contribution in [1.82, 2.24) is 4.98 Å². The minimum absolute atomic E-state index is 0.228. The summed E-state index contributed by atoms with van der Waals surface area (Å²) < 4.78 is 5.91. The van der Waals surface area contributed by atoms with Gasteiger partial charge in [-0.25, -0.2) is 0 Å². The Balaban J connectivity index is 1.67. The van der Waals surface area contributed by atoms with Gasteiger partial charge in [-0.1, -0.05) is 30.3 Å². The number of H-pyrrole nitrogens is 1. The Labute approximate surface area is 136 Å². The van der Waals surface area contributed by atoms with Crippen LogP contribution in [0.25, 0.3) is 10.9 Å². The molecular formula is C19H23N2O2+. The minimum atomic E-state index is 0.228. The van der Waals surface area contributed by atoms with Gasteiger partial charge in [0.1, 0.15) is 12.4 Å². The van der Waals surface area contributed by atoms with Gasteiger partial charge in [-0.15, -0.1) is 0 Å². The van der Waals surface area contributed by atoms with E-state index in [1.807, 2.05) is 24.3 Å². The van der Waals surface area contributed by atoms with Crippen LogP contribution in [-0.2, 0) is 13.0 Å². The van der Waals surface area contributed by atoms with Crippen LogP contribution in [0.1, 0.15) is 11.1 Å². The van der Waals surface area contributed by atoms with Crippen molar-refractivity contribution in [3.63, 3.8) is 0 Å². The van der Waals surface area contributed by atoms with Crippen LogP contribution >= 0.6 is 0 Å². The van der Waals surface area contributed by atoms with Crippen molar-refractivity contribution in [2.24, 2.45) is 0 Å². The highest BCUT2D eigenvalue weighted by molar-refractivity contribution is 5.84. The number of nitrogens with one attached hydrogen (secondary N) is 1. The molecule has 0 aliphatic carbocycles. The average Bonchev–Trinajstić information content (AvgIpc) is 3.00. The number of hydrogen-bond donors (Lipinski definition) is 3. The van der Waals surface area contributed by atoms with Crippen molar-refractivity contribution in [3.05, 3.63) is 65.9 Å². The standard InChI is InChI=1S/C19H22N2O2/c22-11-10-20-9-8-16-13-21-19-7-6-17(12-18(16)19)23-14-15-4-2-1-3-5-15/h1-7,12-13,20-22H,8-11,14H2/p+1. The molecule has 4 nitrogen and oxygen atoms in total. The molecule has 3 rings (SSSR count). The number of aliphatic hydroxyl groups excluding tert-OH is 1. The molecule has 3 aromatic rings. The molecule has 0 saturated carbocycles. The van der Waals surface area contributed by atoms with E-state index in [4.69, 9.17) is 9.84 Å². The normalized spacial score (nSPS) is 11.0. The Hall–Kier alpha value is -2.30. The molecule has 1 heterocycles. The summed E-state index contributed by atoms with van der Waals surface area (Å²) in [6.45, 7) is 2.54. The van der Waals surface area contributed by atoms with Crippen molar-refractivity contribution >= 4 is 10.9 Å². The Morgan fingerprint density at radius 2 is 1.91 bits per heavy atom. The molecule has 23 heavy (non-hydrogen) atoms. The van der Waals surface area contributed by atoms with E-state index in [9.17, 15) is 0 Å². The zero-order chi connectivity index (χ0) is 15.9. The van der Waals surface area contributed by atoms with E-state index in [1.54, 1.807) is 0 Å². The van der Waals surface area contributed by atoms with Gasteiger partial charge >= 0.3 is 0 Å². The van der Waals surface area contributed by atoms with E-state index in [2.05, 4.69) is 40.8 Å². The third kappa shape index (κ3) is 4.12. The lowest BCUT2D eigenvalue weighted by atomic mass is 10.1.